The van der Waals surface area contributed by atoms with Gasteiger partial charge in [0.2, 0.25) is 0 Å². The molecule has 0 saturated heterocycles. The SMILES string of the molecule is CCc1cccc(C)c1NCCNc1cccc(Cl)c1Cl. The topological polar surface area (TPSA) is 24.1 Å². The standard InChI is InChI=1S/C17H20Cl2N2/c1-3-13-7-4-6-12(2)17(13)21-11-10-20-15-9-5-8-14(18)16(15)19/h4-9,20-21H,3,10-11H2,1-2H3. The highest BCUT2D eigenvalue weighted by Gasteiger charge is 2.05. The van der Waals surface area contributed by atoms with Crippen LogP contribution < -0.4 is 10.6 Å². The van der Waals surface area contributed by atoms with Gasteiger partial charge in [0.1, 0.15) is 0 Å². The molecular formula is C17H20Cl2N2. The Kier molecular flexibility index (Phi) is 5.77. The average molecular weight is 323 g/mol. The molecule has 2 rings (SSSR count). The second kappa shape index (κ2) is 7.58. The van der Waals surface area contributed by atoms with Crippen LogP contribution in [0.15, 0.2) is 36.4 Å². The van der Waals surface area contributed by atoms with Gasteiger partial charge in [0.25, 0.3) is 0 Å². The quantitative estimate of drug-likeness (QED) is 0.697. The number of anilines is 2. The zero-order chi connectivity index (χ0) is 15.2. The van der Waals surface area contributed by atoms with E-state index in [1.165, 1.54) is 16.8 Å². The van der Waals surface area contributed by atoms with Crippen LogP contribution in [0.25, 0.3) is 0 Å². The fourth-order valence-electron chi connectivity index (χ4n) is 2.30. The van der Waals surface area contributed by atoms with Gasteiger partial charge in [-0.05, 0) is 36.6 Å². The van der Waals surface area contributed by atoms with Crippen LogP contribution in [0.5, 0.6) is 0 Å². The van der Waals surface area contributed by atoms with E-state index < -0.39 is 0 Å². The lowest BCUT2D eigenvalue weighted by molar-refractivity contribution is 1.05. The number of hydrogen-bond donors (Lipinski definition) is 2. The molecule has 0 heterocycles. The Bertz CT molecular complexity index is 612. The van der Waals surface area contributed by atoms with E-state index in [1.54, 1.807) is 6.07 Å². The molecule has 0 atom stereocenters. The van der Waals surface area contributed by atoms with Gasteiger partial charge in [0.15, 0.2) is 0 Å². The number of rotatable bonds is 6. The fraction of sp³-hybridized carbons (Fsp3) is 0.294. The number of benzene rings is 2. The molecule has 2 aromatic rings. The van der Waals surface area contributed by atoms with E-state index in [0.717, 1.165) is 25.2 Å². The first kappa shape index (κ1) is 16.0. The maximum absolute atomic E-state index is 6.15. The largest absolute Gasteiger partial charge is 0.383 e. The summed E-state index contributed by atoms with van der Waals surface area (Å²) in [5, 5.41) is 7.94. The van der Waals surface area contributed by atoms with Crippen molar-refractivity contribution < 1.29 is 0 Å². The number of hydrogen-bond acceptors (Lipinski definition) is 2. The van der Waals surface area contributed by atoms with Gasteiger partial charge in [0.05, 0.1) is 15.7 Å². The lowest BCUT2D eigenvalue weighted by Crippen LogP contribution is -2.15. The molecule has 0 radical (unpaired) electrons. The number of para-hydroxylation sites is 1. The third-order valence-corrected chi connectivity index (χ3v) is 4.25. The molecule has 21 heavy (non-hydrogen) atoms. The molecule has 112 valence electrons. The van der Waals surface area contributed by atoms with Crippen LogP contribution in [-0.4, -0.2) is 13.1 Å². The average Bonchev–Trinajstić information content (AvgIpc) is 2.48. The predicted octanol–water partition coefficient (Wildman–Crippen LogP) is 5.39. The van der Waals surface area contributed by atoms with Crippen molar-refractivity contribution in [1.82, 2.24) is 0 Å². The highest BCUT2D eigenvalue weighted by molar-refractivity contribution is 6.43. The summed E-state index contributed by atoms with van der Waals surface area (Å²) in [5.74, 6) is 0. The zero-order valence-corrected chi connectivity index (χ0v) is 13.9. The van der Waals surface area contributed by atoms with E-state index in [-0.39, 0.29) is 0 Å². The Morgan fingerprint density at radius 3 is 2.43 bits per heavy atom. The summed E-state index contributed by atoms with van der Waals surface area (Å²) < 4.78 is 0. The lowest BCUT2D eigenvalue weighted by atomic mass is 10.1. The van der Waals surface area contributed by atoms with Crippen molar-refractivity contribution in [3.05, 3.63) is 57.6 Å². The Morgan fingerprint density at radius 2 is 1.67 bits per heavy atom. The van der Waals surface area contributed by atoms with Gasteiger partial charge in [-0.1, -0.05) is 54.4 Å². The number of nitrogens with one attached hydrogen (secondary N) is 2. The molecule has 0 aliphatic rings. The van der Waals surface area contributed by atoms with Crippen molar-refractivity contribution >= 4 is 34.6 Å². The van der Waals surface area contributed by atoms with Gasteiger partial charge in [-0.25, -0.2) is 0 Å². The third-order valence-electron chi connectivity index (χ3n) is 3.43. The Labute approximate surface area is 136 Å². The molecule has 2 aromatic carbocycles. The molecule has 0 unspecified atom stereocenters. The molecule has 0 spiro atoms. The Hall–Kier alpha value is -1.38. The highest BCUT2D eigenvalue weighted by atomic mass is 35.5. The summed E-state index contributed by atoms with van der Waals surface area (Å²) in [5.41, 5.74) is 4.72. The van der Waals surface area contributed by atoms with E-state index in [2.05, 4.69) is 42.7 Å². The highest BCUT2D eigenvalue weighted by Crippen LogP contribution is 2.29. The summed E-state index contributed by atoms with van der Waals surface area (Å²) in [6, 6.07) is 12.0. The summed E-state index contributed by atoms with van der Waals surface area (Å²) in [4.78, 5) is 0. The molecule has 4 heteroatoms. The molecule has 0 saturated carbocycles. The van der Waals surface area contributed by atoms with Crippen LogP contribution in [0, 0.1) is 6.92 Å². The van der Waals surface area contributed by atoms with Crippen LogP contribution >= 0.6 is 23.2 Å². The lowest BCUT2D eigenvalue weighted by Gasteiger charge is -2.15. The third kappa shape index (κ3) is 4.05. The Morgan fingerprint density at radius 1 is 0.952 bits per heavy atom. The van der Waals surface area contributed by atoms with E-state index in [4.69, 9.17) is 23.2 Å². The number of aryl methyl sites for hydroxylation is 2. The maximum atomic E-state index is 6.15. The minimum atomic E-state index is 0.571. The van der Waals surface area contributed by atoms with Crippen LogP contribution in [0.4, 0.5) is 11.4 Å². The van der Waals surface area contributed by atoms with Gasteiger partial charge in [0, 0.05) is 18.8 Å². The molecule has 2 nitrogen and oxygen atoms in total. The van der Waals surface area contributed by atoms with Gasteiger partial charge < -0.3 is 10.6 Å². The second-order valence-corrected chi connectivity index (χ2v) is 5.70. The van der Waals surface area contributed by atoms with Crippen LogP contribution in [0.2, 0.25) is 10.0 Å². The van der Waals surface area contributed by atoms with Crippen molar-refractivity contribution in [1.29, 1.82) is 0 Å². The van der Waals surface area contributed by atoms with Gasteiger partial charge >= 0.3 is 0 Å². The van der Waals surface area contributed by atoms with Gasteiger partial charge in [-0.15, -0.1) is 0 Å². The molecule has 0 amide bonds. The maximum Gasteiger partial charge on any atom is 0.0823 e. The monoisotopic (exact) mass is 322 g/mol. The van der Waals surface area contributed by atoms with E-state index >= 15 is 0 Å². The van der Waals surface area contributed by atoms with Gasteiger partial charge in [-0.3, -0.25) is 0 Å². The molecule has 0 aliphatic heterocycles. The minimum Gasteiger partial charge on any atom is -0.383 e. The van der Waals surface area contributed by atoms with Crippen molar-refractivity contribution in [2.75, 3.05) is 23.7 Å². The Balaban J connectivity index is 1.92. The van der Waals surface area contributed by atoms with Crippen molar-refractivity contribution in [3.63, 3.8) is 0 Å². The summed E-state index contributed by atoms with van der Waals surface area (Å²) >= 11 is 12.1. The van der Waals surface area contributed by atoms with E-state index in [9.17, 15) is 0 Å². The number of halogens is 2. The molecule has 0 aliphatic carbocycles. The van der Waals surface area contributed by atoms with Crippen molar-refractivity contribution in [3.8, 4) is 0 Å². The molecule has 0 aromatic heterocycles. The second-order valence-electron chi connectivity index (χ2n) is 4.92. The first-order valence-corrected chi connectivity index (χ1v) is 7.89. The van der Waals surface area contributed by atoms with Crippen molar-refractivity contribution in [2.24, 2.45) is 0 Å². The first-order valence-electron chi connectivity index (χ1n) is 7.13. The molecule has 0 fully saturated rings. The van der Waals surface area contributed by atoms with E-state index in [0.29, 0.717) is 10.0 Å². The van der Waals surface area contributed by atoms with Crippen LogP contribution in [0.3, 0.4) is 0 Å². The van der Waals surface area contributed by atoms with E-state index in [1.807, 2.05) is 12.1 Å². The van der Waals surface area contributed by atoms with Crippen LogP contribution in [0.1, 0.15) is 18.1 Å². The van der Waals surface area contributed by atoms with Gasteiger partial charge in [-0.2, -0.15) is 0 Å². The summed E-state index contributed by atoms with van der Waals surface area (Å²) in [6.07, 6.45) is 1.03. The summed E-state index contributed by atoms with van der Waals surface area (Å²) in [7, 11) is 0. The first-order chi connectivity index (χ1) is 10.1. The molecule has 0 bridgehead atoms. The molecular weight excluding hydrogens is 303 g/mol. The predicted molar refractivity (Wildman–Crippen MR) is 94.0 cm³/mol. The smallest absolute Gasteiger partial charge is 0.0823 e. The zero-order valence-electron chi connectivity index (χ0n) is 12.3. The minimum absolute atomic E-state index is 0.571. The molecule has 2 N–H and O–H groups in total. The normalized spacial score (nSPS) is 10.5. The van der Waals surface area contributed by atoms with Crippen molar-refractivity contribution in [2.45, 2.75) is 20.3 Å². The fourth-order valence-corrected chi connectivity index (χ4v) is 2.67. The van der Waals surface area contributed by atoms with Crippen LogP contribution in [-0.2, 0) is 6.42 Å². The summed E-state index contributed by atoms with van der Waals surface area (Å²) in [6.45, 7) is 5.89.